The summed E-state index contributed by atoms with van der Waals surface area (Å²) in [5, 5.41) is 0. The number of nitrogens with zero attached hydrogens (tertiary/aromatic N) is 2. The molecule has 0 radical (unpaired) electrons. The van der Waals surface area contributed by atoms with Crippen LogP contribution in [0.2, 0.25) is 0 Å². The maximum Gasteiger partial charge on any atom is 0.226 e. The molecule has 3 heteroatoms. The van der Waals surface area contributed by atoms with Crippen molar-refractivity contribution in [2.75, 3.05) is 27.2 Å². The molecule has 2 saturated carbocycles. The van der Waals surface area contributed by atoms with E-state index in [0.717, 1.165) is 19.5 Å². The molecule has 3 nitrogen and oxygen atoms in total. The summed E-state index contributed by atoms with van der Waals surface area (Å²) in [5.74, 6) is 2.06. The lowest BCUT2D eigenvalue weighted by Crippen LogP contribution is -2.51. The lowest BCUT2D eigenvalue weighted by molar-refractivity contribution is -0.140. The molecule has 0 aromatic rings. The van der Waals surface area contributed by atoms with Crippen LogP contribution in [0, 0.1) is 23.2 Å². The number of hydrogen-bond donors (Lipinski definition) is 0. The van der Waals surface area contributed by atoms with E-state index in [1.807, 2.05) is 0 Å². The highest BCUT2D eigenvalue weighted by molar-refractivity contribution is 5.81. The highest BCUT2D eigenvalue weighted by Crippen LogP contribution is 2.70. The van der Waals surface area contributed by atoms with Gasteiger partial charge in [-0.2, -0.15) is 0 Å². The minimum Gasteiger partial charge on any atom is -0.338 e. The molecule has 1 spiro atoms. The highest BCUT2D eigenvalue weighted by Gasteiger charge is 2.64. The Bertz CT molecular complexity index is 466. The smallest absolute Gasteiger partial charge is 0.226 e. The van der Waals surface area contributed by atoms with Crippen molar-refractivity contribution >= 4 is 5.91 Å². The van der Waals surface area contributed by atoms with Crippen LogP contribution in [-0.4, -0.2) is 48.9 Å². The van der Waals surface area contributed by atoms with Crippen molar-refractivity contribution in [1.82, 2.24) is 9.80 Å². The minimum atomic E-state index is 0.297. The largest absolute Gasteiger partial charge is 0.338 e. The summed E-state index contributed by atoms with van der Waals surface area (Å²) in [6, 6.07) is 0.444. The van der Waals surface area contributed by atoms with Crippen molar-refractivity contribution in [2.45, 2.75) is 44.6 Å². The van der Waals surface area contributed by atoms with Crippen LogP contribution < -0.4 is 0 Å². The third-order valence-electron chi connectivity index (χ3n) is 6.53. The van der Waals surface area contributed by atoms with E-state index in [1.165, 1.54) is 32.1 Å². The highest BCUT2D eigenvalue weighted by atomic mass is 16.2. The fraction of sp³-hybridized carbons (Fsp3) is 0.833. The van der Waals surface area contributed by atoms with Gasteiger partial charge in [0.15, 0.2) is 0 Å². The first-order valence-electron chi connectivity index (χ1n) is 8.75. The topological polar surface area (TPSA) is 23.6 Å². The van der Waals surface area contributed by atoms with Crippen LogP contribution in [0.1, 0.15) is 38.5 Å². The summed E-state index contributed by atoms with van der Waals surface area (Å²) < 4.78 is 0. The fourth-order valence-corrected chi connectivity index (χ4v) is 5.37. The number of piperidine rings is 1. The molecule has 2 bridgehead atoms. The van der Waals surface area contributed by atoms with Crippen molar-refractivity contribution in [3.63, 3.8) is 0 Å². The number of hydrogen-bond acceptors (Lipinski definition) is 2. The normalized spacial score (nSPS) is 39.5. The molecule has 4 rings (SSSR count). The third kappa shape index (κ3) is 2.08. The monoisotopic (exact) mass is 288 g/mol. The molecule has 4 atom stereocenters. The van der Waals surface area contributed by atoms with Gasteiger partial charge in [0.25, 0.3) is 0 Å². The first-order valence-corrected chi connectivity index (χ1v) is 8.75. The second-order valence-electron chi connectivity index (χ2n) is 8.04. The lowest BCUT2D eigenvalue weighted by atomic mass is 9.87. The third-order valence-corrected chi connectivity index (χ3v) is 6.53. The van der Waals surface area contributed by atoms with Crippen LogP contribution in [0.5, 0.6) is 0 Å². The number of amides is 1. The molecule has 21 heavy (non-hydrogen) atoms. The van der Waals surface area contributed by atoms with Gasteiger partial charge in [-0.05, 0) is 69.9 Å². The zero-order chi connectivity index (χ0) is 14.6. The molecule has 1 heterocycles. The van der Waals surface area contributed by atoms with Gasteiger partial charge in [0.1, 0.15) is 0 Å². The molecular weight excluding hydrogens is 260 g/mol. The van der Waals surface area contributed by atoms with Gasteiger partial charge in [0.2, 0.25) is 5.91 Å². The van der Waals surface area contributed by atoms with E-state index in [2.05, 4.69) is 36.0 Å². The maximum absolute atomic E-state index is 13.2. The van der Waals surface area contributed by atoms with E-state index < -0.39 is 0 Å². The Morgan fingerprint density at radius 1 is 1.29 bits per heavy atom. The summed E-state index contributed by atoms with van der Waals surface area (Å²) in [5.41, 5.74) is 0.535. The first kappa shape index (κ1) is 13.8. The Hall–Kier alpha value is -0.830. The van der Waals surface area contributed by atoms with Gasteiger partial charge in [0.05, 0.1) is 0 Å². The Morgan fingerprint density at radius 3 is 2.76 bits per heavy atom. The molecule has 1 saturated heterocycles. The average molecular weight is 288 g/mol. The van der Waals surface area contributed by atoms with E-state index in [4.69, 9.17) is 0 Å². The summed E-state index contributed by atoms with van der Waals surface area (Å²) >= 11 is 0. The van der Waals surface area contributed by atoms with Gasteiger partial charge < -0.3 is 9.80 Å². The van der Waals surface area contributed by atoms with Crippen molar-refractivity contribution < 1.29 is 4.79 Å². The second-order valence-corrected chi connectivity index (χ2v) is 8.04. The average Bonchev–Trinajstić information content (AvgIpc) is 3.13. The van der Waals surface area contributed by atoms with Crippen LogP contribution in [-0.2, 0) is 4.79 Å². The standard InChI is InChI=1S/C18H28N2O/c1-19(2)12-14-5-3-4-10-20(14)17(21)15-11-13-6-7-16(15)18(13)8-9-18/h6-7,13-16H,3-5,8-12H2,1-2H3/t13-,14+,15-,16-/m1/s1. The number of rotatable bonds is 3. The molecule has 0 N–H and O–H groups in total. The van der Waals surface area contributed by atoms with E-state index in [-0.39, 0.29) is 0 Å². The Kier molecular flexibility index (Phi) is 3.18. The summed E-state index contributed by atoms with van der Waals surface area (Å²) in [7, 11) is 4.24. The molecule has 0 aromatic carbocycles. The Labute approximate surface area is 128 Å². The fourth-order valence-electron chi connectivity index (χ4n) is 5.37. The second kappa shape index (κ2) is 4.84. The summed E-state index contributed by atoms with van der Waals surface area (Å²) in [6.45, 7) is 2.01. The van der Waals surface area contributed by atoms with Gasteiger partial charge >= 0.3 is 0 Å². The zero-order valence-corrected chi connectivity index (χ0v) is 13.4. The van der Waals surface area contributed by atoms with Crippen LogP contribution >= 0.6 is 0 Å². The van der Waals surface area contributed by atoms with Gasteiger partial charge in [-0.15, -0.1) is 0 Å². The molecular formula is C18H28N2O. The predicted octanol–water partition coefficient (Wildman–Crippen LogP) is 2.53. The first-order chi connectivity index (χ1) is 10.1. The molecule has 0 aromatic heterocycles. The minimum absolute atomic E-state index is 0.297. The van der Waals surface area contributed by atoms with Crippen LogP contribution in [0.4, 0.5) is 0 Å². The van der Waals surface area contributed by atoms with Crippen molar-refractivity contribution in [2.24, 2.45) is 23.2 Å². The molecule has 4 aliphatic rings. The maximum atomic E-state index is 13.2. The number of carbonyl (C=O) groups is 1. The van der Waals surface area contributed by atoms with E-state index in [0.29, 0.717) is 35.1 Å². The van der Waals surface area contributed by atoms with Crippen molar-refractivity contribution in [3.05, 3.63) is 12.2 Å². The van der Waals surface area contributed by atoms with E-state index >= 15 is 0 Å². The van der Waals surface area contributed by atoms with Gasteiger partial charge in [0, 0.05) is 25.0 Å². The van der Waals surface area contributed by atoms with Crippen molar-refractivity contribution in [1.29, 1.82) is 0 Å². The lowest BCUT2D eigenvalue weighted by Gasteiger charge is -2.39. The van der Waals surface area contributed by atoms with Gasteiger partial charge in [-0.3, -0.25) is 4.79 Å². The Morgan fingerprint density at radius 2 is 2.10 bits per heavy atom. The Balaban J connectivity index is 1.50. The van der Waals surface area contributed by atoms with Gasteiger partial charge in [-0.1, -0.05) is 12.2 Å². The SMILES string of the molecule is CN(C)C[C@@H]1CCCCN1C(=O)[C@@H]1C[C@H]2C=C[C@H]1C21CC1. The van der Waals surface area contributed by atoms with Crippen molar-refractivity contribution in [3.8, 4) is 0 Å². The quantitative estimate of drug-likeness (QED) is 0.745. The number of allylic oxidation sites excluding steroid dienone is 2. The molecule has 3 fully saturated rings. The van der Waals surface area contributed by atoms with E-state index in [1.54, 1.807) is 0 Å². The summed E-state index contributed by atoms with van der Waals surface area (Å²) in [4.78, 5) is 17.7. The molecule has 0 unspecified atom stereocenters. The zero-order valence-electron chi connectivity index (χ0n) is 13.4. The van der Waals surface area contributed by atoms with Crippen LogP contribution in [0.25, 0.3) is 0 Å². The number of likely N-dealkylation sites (tertiary alicyclic amines) is 1. The van der Waals surface area contributed by atoms with E-state index in [9.17, 15) is 4.79 Å². The molecule has 1 amide bonds. The molecule has 1 aliphatic heterocycles. The number of likely N-dealkylation sites (N-methyl/N-ethyl adjacent to an activating group) is 1. The van der Waals surface area contributed by atoms with Gasteiger partial charge in [-0.25, -0.2) is 0 Å². The van der Waals surface area contributed by atoms with Crippen LogP contribution in [0.15, 0.2) is 12.2 Å². The molecule has 3 aliphatic carbocycles. The number of carbonyl (C=O) groups excluding carboxylic acids is 1. The predicted molar refractivity (Wildman–Crippen MR) is 83.8 cm³/mol. The summed E-state index contributed by atoms with van der Waals surface area (Å²) in [6.07, 6.45) is 12.3. The molecule has 116 valence electrons. The van der Waals surface area contributed by atoms with Crippen LogP contribution in [0.3, 0.4) is 0 Å².